The van der Waals surface area contributed by atoms with Crippen LogP contribution < -0.4 is 0 Å². The molecule has 25 heavy (non-hydrogen) atoms. The van der Waals surface area contributed by atoms with Crippen LogP contribution in [0.25, 0.3) is 0 Å². The molecule has 1 aromatic heterocycles. The van der Waals surface area contributed by atoms with Crippen LogP contribution in [0.15, 0.2) is 54.9 Å². The Bertz CT molecular complexity index is 704. The monoisotopic (exact) mass is 335 g/mol. The zero-order chi connectivity index (χ0) is 17.1. The summed E-state index contributed by atoms with van der Waals surface area (Å²) in [7, 11) is 0. The molecule has 0 spiro atoms. The number of fused-ring (bicyclic) bond motifs is 1. The van der Waals surface area contributed by atoms with E-state index in [-0.39, 0.29) is 5.91 Å². The Balaban J connectivity index is 1.43. The van der Waals surface area contributed by atoms with Gasteiger partial charge in [-0.05, 0) is 49.4 Å². The molecule has 3 heterocycles. The van der Waals surface area contributed by atoms with Gasteiger partial charge in [0.1, 0.15) is 0 Å². The zero-order valence-corrected chi connectivity index (χ0v) is 14.6. The normalized spacial score (nSPS) is 23.9. The van der Waals surface area contributed by atoms with Gasteiger partial charge in [-0.1, -0.05) is 30.3 Å². The van der Waals surface area contributed by atoms with Gasteiger partial charge in [0.25, 0.3) is 5.91 Å². The third kappa shape index (κ3) is 3.59. The first-order valence-electron chi connectivity index (χ1n) is 9.28. The molecule has 0 saturated carbocycles. The van der Waals surface area contributed by atoms with E-state index in [0.29, 0.717) is 12.0 Å². The number of nitrogens with zero attached hydrogens (tertiary/aromatic N) is 3. The Morgan fingerprint density at radius 2 is 1.84 bits per heavy atom. The molecule has 2 atom stereocenters. The fraction of sp³-hybridized carbons (Fsp3) is 0.429. The summed E-state index contributed by atoms with van der Waals surface area (Å²) in [6.07, 6.45) is 6.93. The van der Waals surface area contributed by atoms with Crippen molar-refractivity contribution in [3.8, 4) is 0 Å². The highest BCUT2D eigenvalue weighted by atomic mass is 16.2. The average molecular weight is 335 g/mol. The number of carbonyl (C=O) groups is 1. The second-order valence-electron chi connectivity index (χ2n) is 7.20. The van der Waals surface area contributed by atoms with E-state index in [0.717, 1.165) is 31.6 Å². The Hall–Kier alpha value is -2.20. The standard InChI is InChI=1S/C21H25N3O/c25-21(18-8-11-22-12-9-18)24-14-10-20-19(16-24)7-4-13-23(20)15-17-5-2-1-3-6-17/h1-3,5-6,8-9,11-12,19-20H,4,7,10,13-16H2/t19-,20+/m1/s1. The van der Waals surface area contributed by atoms with Crippen molar-refractivity contribution < 1.29 is 4.79 Å². The molecule has 1 aromatic carbocycles. The summed E-state index contributed by atoms with van der Waals surface area (Å²) < 4.78 is 0. The molecular formula is C21H25N3O. The van der Waals surface area contributed by atoms with Crippen molar-refractivity contribution >= 4 is 5.91 Å². The summed E-state index contributed by atoms with van der Waals surface area (Å²) in [5, 5.41) is 0. The maximum absolute atomic E-state index is 12.7. The van der Waals surface area contributed by atoms with Crippen molar-refractivity contribution in [2.24, 2.45) is 5.92 Å². The van der Waals surface area contributed by atoms with Crippen LogP contribution in [0.2, 0.25) is 0 Å². The van der Waals surface area contributed by atoms with E-state index in [2.05, 4.69) is 40.2 Å². The topological polar surface area (TPSA) is 36.4 Å². The van der Waals surface area contributed by atoms with Crippen LogP contribution in [0.4, 0.5) is 0 Å². The largest absolute Gasteiger partial charge is 0.338 e. The summed E-state index contributed by atoms with van der Waals surface area (Å²) in [6, 6.07) is 15.0. The number of hydrogen-bond acceptors (Lipinski definition) is 3. The summed E-state index contributed by atoms with van der Waals surface area (Å²) in [6.45, 7) is 3.94. The lowest BCUT2D eigenvalue weighted by atomic mass is 9.83. The van der Waals surface area contributed by atoms with Crippen molar-refractivity contribution in [1.29, 1.82) is 0 Å². The first-order chi connectivity index (χ1) is 12.3. The van der Waals surface area contributed by atoms with Crippen LogP contribution in [0.1, 0.15) is 35.2 Å². The van der Waals surface area contributed by atoms with Gasteiger partial charge in [-0.3, -0.25) is 14.7 Å². The molecule has 4 heteroatoms. The summed E-state index contributed by atoms with van der Waals surface area (Å²) >= 11 is 0. The molecule has 130 valence electrons. The fourth-order valence-corrected chi connectivity index (χ4v) is 4.38. The van der Waals surface area contributed by atoms with Crippen LogP contribution in [-0.2, 0) is 6.54 Å². The quantitative estimate of drug-likeness (QED) is 0.864. The van der Waals surface area contributed by atoms with Crippen LogP contribution in [0.3, 0.4) is 0 Å². The van der Waals surface area contributed by atoms with Crippen molar-refractivity contribution in [2.45, 2.75) is 31.8 Å². The van der Waals surface area contributed by atoms with E-state index >= 15 is 0 Å². The number of pyridine rings is 1. The summed E-state index contributed by atoms with van der Waals surface area (Å²) in [5.74, 6) is 0.748. The minimum atomic E-state index is 0.154. The predicted octanol–water partition coefficient (Wildman–Crippen LogP) is 3.21. The summed E-state index contributed by atoms with van der Waals surface area (Å²) in [4.78, 5) is 21.4. The molecule has 0 N–H and O–H groups in total. The second kappa shape index (κ2) is 7.36. The van der Waals surface area contributed by atoms with Gasteiger partial charge in [0, 0.05) is 43.6 Å². The number of benzene rings is 1. The van der Waals surface area contributed by atoms with Gasteiger partial charge >= 0.3 is 0 Å². The van der Waals surface area contributed by atoms with Crippen molar-refractivity contribution in [1.82, 2.24) is 14.8 Å². The van der Waals surface area contributed by atoms with Gasteiger partial charge in [0.2, 0.25) is 0 Å². The van der Waals surface area contributed by atoms with E-state index in [1.165, 1.54) is 24.9 Å². The molecule has 2 saturated heterocycles. The smallest absolute Gasteiger partial charge is 0.253 e. The predicted molar refractivity (Wildman–Crippen MR) is 98.1 cm³/mol. The van der Waals surface area contributed by atoms with E-state index in [4.69, 9.17) is 0 Å². The van der Waals surface area contributed by atoms with Crippen molar-refractivity contribution in [2.75, 3.05) is 19.6 Å². The Labute approximate surface area is 149 Å². The molecule has 4 nitrogen and oxygen atoms in total. The number of rotatable bonds is 3. The first-order valence-corrected chi connectivity index (χ1v) is 9.28. The third-order valence-electron chi connectivity index (χ3n) is 5.63. The molecule has 0 aliphatic carbocycles. The second-order valence-corrected chi connectivity index (χ2v) is 7.20. The van der Waals surface area contributed by atoms with Crippen LogP contribution >= 0.6 is 0 Å². The van der Waals surface area contributed by atoms with Gasteiger partial charge in [0.15, 0.2) is 0 Å². The highest BCUT2D eigenvalue weighted by Crippen LogP contribution is 2.32. The number of amides is 1. The molecule has 0 unspecified atom stereocenters. The van der Waals surface area contributed by atoms with Crippen molar-refractivity contribution in [3.05, 3.63) is 66.0 Å². The zero-order valence-electron chi connectivity index (χ0n) is 14.6. The average Bonchev–Trinajstić information content (AvgIpc) is 2.69. The van der Waals surface area contributed by atoms with Crippen LogP contribution in [-0.4, -0.2) is 46.4 Å². The van der Waals surface area contributed by atoms with E-state index in [1.807, 2.05) is 17.0 Å². The van der Waals surface area contributed by atoms with Gasteiger partial charge in [-0.25, -0.2) is 0 Å². The number of hydrogen-bond donors (Lipinski definition) is 0. The first kappa shape index (κ1) is 16.3. The van der Waals surface area contributed by atoms with Gasteiger partial charge in [-0.15, -0.1) is 0 Å². The molecule has 2 aliphatic rings. The van der Waals surface area contributed by atoms with Crippen molar-refractivity contribution in [3.63, 3.8) is 0 Å². The van der Waals surface area contributed by atoms with E-state index < -0.39 is 0 Å². The Morgan fingerprint density at radius 1 is 1.04 bits per heavy atom. The fourth-order valence-electron chi connectivity index (χ4n) is 4.38. The maximum atomic E-state index is 12.7. The molecular weight excluding hydrogens is 310 g/mol. The molecule has 2 fully saturated rings. The third-order valence-corrected chi connectivity index (χ3v) is 5.63. The Kier molecular flexibility index (Phi) is 4.79. The number of likely N-dealkylation sites (tertiary alicyclic amines) is 2. The molecule has 2 aromatic rings. The lowest BCUT2D eigenvalue weighted by molar-refractivity contribution is 0.0175. The number of piperidine rings is 2. The van der Waals surface area contributed by atoms with Gasteiger partial charge < -0.3 is 4.90 Å². The SMILES string of the molecule is O=C(c1ccncc1)N1CC[C@H]2[C@H](CCCN2Cc2ccccc2)C1. The van der Waals surface area contributed by atoms with Crippen LogP contribution in [0.5, 0.6) is 0 Å². The van der Waals surface area contributed by atoms with Gasteiger partial charge in [-0.2, -0.15) is 0 Å². The molecule has 4 rings (SSSR count). The number of carbonyl (C=O) groups excluding carboxylic acids is 1. The highest BCUT2D eigenvalue weighted by Gasteiger charge is 2.37. The van der Waals surface area contributed by atoms with Gasteiger partial charge in [0.05, 0.1) is 0 Å². The molecule has 0 bridgehead atoms. The van der Waals surface area contributed by atoms with Crippen LogP contribution in [0, 0.1) is 5.92 Å². The molecule has 1 amide bonds. The maximum Gasteiger partial charge on any atom is 0.253 e. The molecule has 0 radical (unpaired) electrons. The lowest BCUT2D eigenvalue weighted by Crippen LogP contribution is -2.54. The summed E-state index contributed by atoms with van der Waals surface area (Å²) in [5.41, 5.74) is 2.14. The highest BCUT2D eigenvalue weighted by molar-refractivity contribution is 5.94. The lowest BCUT2D eigenvalue weighted by Gasteiger charge is -2.47. The number of aromatic nitrogens is 1. The van der Waals surface area contributed by atoms with E-state index in [1.54, 1.807) is 12.4 Å². The minimum absolute atomic E-state index is 0.154. The minimum Gasteiger partial charge on any atom is -0.338 e. The van der Waals surface area contributed by atoms with E-state index in [9.17, 15) is 4.79 Å². The molecule has 2 aliphatic heterocycles. The Morgan fingerprint density at radius 3 is 2.64 bits per heavy atom.